The van der Waals surface area contributed by atoms with Crippen molar-refractivity contribution in [2.45, 2.75) is 44.2 Å². The number of urea groups is 1. The van der Waals surface area contributed by atoms with Gasteiger partial charge in [-0.2, -0.15) is 0 Å². The van der Waals surface area contributed by atoms with Crippen LogP contribution in [0.5, 0.6) is 11.5 Å². The van der Waals surface area contributed by atoms with Crippen LogP contribution < -0.4 is 20.1 Å². The first-order valence-electron chi connectivity index (χ1n) is 10.9. The number of carbonyl (C=O) groups is 3. The normalized spacial score (nSPS) is 22.3. The van der Waals surface area contributed by atoms with E-state index < -0.39 is 17.5 Å². The van der Waals surface area contributed by atoms with Crippen LogP contribution in [0.4, 0.5) is 4.79 Å². The smallest absolute Gasteiger partial charge is 0.325 e. The number of hydrogen-bond donors (Lipinski definition) is 2. The summed E-state index contributed by atoms with van der Waals surface area (Å²) in [6, 6.07) is 12.3. The number of benzene rings is 2. The van der Waals surface area contributed by atoms with Gasteiger partial charge in [0.2, 0.25) is 12.7 Å². The minimum Gasteiger partial charge on any atom is -0.454 e. The fourth-order valence-corrected chi connectivity index (χ4v) is 4.81. The van der Waals surface area contributed by atoms with E-state index in [0.717, 1.165) is 40.9 Å². The highest BCUT2D eigenvalue weighted by Crippen LogP contribution is 2.39. The Labute approximate surface area is 185 Å². The van der Waals surface area contributed by atoms with Crippen LogP contribution in [-0.2, 0) is 21.5 Å². The fourth-order valence-electron chi connectivity index (χ4n) is 4.81. The molecule has 2 aromatic carbocycles. The SMILES string of the molecule is C[C@@H](NC(=O)CN1C(=O)N[C@@]2(CCCCc3ccccc32)C1=O)c1ccc2c(c1)OCO2. The van der Waals surface area contributed by atoms with Gasteiger partial charge < -0.3 is 20.1 Å². The van der Waals surface area contributed by atoms with Crippen LogP contribution in [0.1, 0.15) is 48.9 Å². The fraction of sp³-hybridized carbons (Fsp3) is 0.375. The maximum atomic E-state index is 13.5. The predicted molar refractivity (Wildman–Crippen MR) is 115 cm³/mol. The molecule has 2 heterocycles. The van der Waals surface area contributed by atoms with Crippen molar-refractivity contribution in [3.05, 3.63) is 59.2 Å². The summed E-state index contributed by atoms with van der Waals surface area (Å²) in [7, 11) is 0. The molecule has 0 aromatic heterocycles. The van der Waals surface area contributed by atoms with Crippen LogP contribution >= 0.6 is 0 Å². The second-order valence-corrected chi connectivity index (χ2v) is 8.49. The molecule has 2 atom stereocenters. The van der Waals surface area contributed by atoms with Crippen molar-refractivity contribution in [1.29, 1.82) is 0 Å². The molecule has 1 spiro atoms. The van der Waals surface area contributed by atoms with Crippen molar-refractivity contribution in [2.75, 3.05) is 13.3 Å². The van der Waals surface area contributed by atoms with Gasteiger partial charge in [-0.15, -0.1) is 0 Å². The summed E-state index contributed by atoms with van der Waals surface area (Å²) in [5.74, 6) is 0.535. The maximum absolute atomic E-state index is 13.5. The molecule has 5 rings (SSSR count). The third-order valence-electron chi connectivity index (χ3n) is 6.48. The van der Waals surface area contributed by atoms with E-state index in [1.54, 1.807) is 6.07 Å². The first-order chi connectivity index (χ1) is 15.5. The molecular formula is C24H25N3O5. The van der Waals surface area contributed by atoms with Crippen LogP contribution in [-0.4, -0.2) is 36.1 Å². The number of hydrogen-bond acceptors (Lipinski definition) is 5. The summed E-state index contributed by atoms with van der Waals surface area (Å²) in [4.78, 5) is 40.0. The number of rotatable bonds is 4. The number of carbonyl (C=O) groups excluding carboxylic acids is 3. The van der Waals surface area contributed by atoms with E-state index in [-0.39, 0.29) is 25.3 Å². The molecule has 0 unspecified atom stereocenters. The van der Waals surface area contributed by atoms with Gasteiger partial charge in [0.25, 0.3) is 5.91 Å². The summed E-state index contributed by atoms with van der Waals surface area (Å²) in [6.45, 7) is 1.68. The summed E-state index contributed by atoms with van der Waals surface area (Å²) < 4.78 is 10.7. The maximum Gasteiger partial charge on any atom is 0.325 e. The highest BCUT2D eigenvalue weighted by atomic mass is 16.7. The summed E-state index contributed by atoms with van der Waals surface area (Å²) in [6.07, 6.45) is 3.17. The lowest BCUT2D eigenvalue weighted by Gasteiger charge is -2.27. The second-order valence-electron chi connectivity index (χ2n) is 8.49. The van der Waals surface area contributed by atoms with E-state index >= 15 is 0 Å². The minimum atomic E-state index is -1.09. The van der Waals surface area contributed by atoms with E-state index in [9.17, 15) is 14.4 Å². The van der Waals surface area contributed by atoms with E-state index in [0.29, 0.717) is 17.9 Å². The van der Waals surface area contributed by atoms with Gasteiger partial charge in [-0.05, 0) is 61.4 Å². The van der Waals surface area contributed by atoms with Crippen LogP contribution in [0.3, 0.4) is 0 Å². The van der Waals surface area contributed by atoms with Crippen molar-refractivity contribution in [2.24, 2.45) is 0 Å². The number of imide groups is 1. The molecule has 166 valence electrons. The van der Waals surface area contributed by atoms with Crippen molar-refractivity contribution >= 4 is 17.8 Å². The van der Waals surface area contributed by atoms with Crippen LogP contribution in [0.25, 0.3) is 0 Å². The zero-order valence-corrected chi connectivity index (χ0v) is 17.8. The highest BCUT2D eigenvalue weighted by molar-refractivity contribution is 6.09. The number of amides is 4. The number of fused-ring (bicyclic) bond motifs is 3. The standard InChI is InChI=1S/C24H25N3O5/c1-15(17-9-10-19-20(12-17)32-14-31-19)25-21(28)13-27-22(29)24(26-23(27)30)11-5-4-7-16-6-2-3-8-18(16)24/h2-3,6,8-10,12,15H,4-5,7,11,13-14H2,1H3,(H,25,28)(H,26,30)/t15-,24-/m1/s1. The van der Waals surface area contributed by atoms with Crippen molar-refractivity contribution in [3.63, 3.8) is 0 Å². The summed E-state index contributed by atoms with van der Waals surface area (Å²) >= 11 is 0. The van der Waals surface area contributed by atoms with Gasteiger partial charge >= 0.3 is 6.03 Å². The molecule has 4 amide bonds. The first-order valence-corrected chi connectivity index (χ1v) is 10.9. The number of aryl methyl sites for hydroxylation is 1. The van der Waals surface area contributed by atoms with Crippen molar-refractivity contribution in [1.82, 2.24) is 15.5 Å². The van der Waals surface area contributed by atoms with Gasteiger partial charge in [-0.3, -0.25) is 14.5 Å². The Bertz CT molecular complexity index is 1100. The number of ether oxygens (including phenoxy) is 2. The van der Waals surface area contributed by atoms with Gasteiger partial charge in [0.1, 0.15) is 12.1 Å². The quantitative estimate of drug-likeness (QED) is 0.720. The first kappa shape index (κ1) is 20.4. The van der Waals surface area contributed by atoms with E-state index in [1.165, 1.54) is 0 Å². The molecule has 2 aromatic rings. The lowest BCUT2D eigenvalue weighted by Crippen LogP contribution is -2.45. The number of nitrogens with zero attached hydrogens (tertiary/aromatic N) is 1. The van der Waals surface area contributed by atoms with Gasteiger partial charge in [0.15, 0.2) is 11.5 Å². The van der Waals surface area contributed by atoms with Gasteiger partial charge in [-0.1, -0.05) is 30.3 Å². The Morgan fingerprint density at radius 2 is 1.97 bits per heavy atom. The molecule has 1 fully saturated rings. The zero-order chi connectivity index (χ0) is 22.3. The molecule has 32 heavy (non-hydrogen) atoms. The minimum absolute atomic E-state index is 0.177. The molecule has 2 aliphatic heterocycles. The molecular weight excluding hydrogens is 410 g/mol. The molecule has 1 aliphatic carbocycles. The lowest BCUT2D eigenvalue weighted by molar-refractivity contribution is -0.135. The lowest BCUT2D eigenvalue weighted by atomic mass is 9.84. The Kier molecular flexibility index (Phi) is 5.00. The largest absolute Gasteiger partial charge is 0.454 e. The molecule has 0 bridgehead atoms. The highest BCUT2D eigenvalue weighted by Gasteiger charge is 2.53. The third-order valence-corrected chi connectivity index (χ3v) is 6.48. The average molecular weight is 435 g/mol. The van der Waals surface area contributed by atoms with Crippen LogP contribution in [0.15, 0.2) is 42.5 Å². The molecule has 3 aliphatic rings. The third kappa shape index (κ3) is 3.36. The summed E-state index contributed by atoms with van der Waals surface area (Å²) in [5, 5.41) is 5.78. The van der Waals surface area contributed by atoms with Gasteiger partial charge in [-0.25, -0.2) is 4.79 Å². The molecule has 2 N–H and O–H groups in total. The monoisotopic (exact) mass is 435 g/mol. The van der Waals surface area contributed by atoms with Gasteiger partial charge in [0.05, 0.1) is 6.04 Å². The zero-order valence-electron chi connectivity index (χ0n) is 17.8. The second kappa shape index (κ2) is 7.85. The van der Waals surface area contributed by atoms with Crippen LogP contribution in [0.2, 0.25) is 0 Å². The predicted octanol–water partition coefficient (Wildman–Crippen LogP) is 2.77. The molecule has 1 saturated heterocycles. The van der Waals surface area contributed by atoms with Gasteiger partial charge in [0, 0.05) is 0 Å². The molecule has 0 saturated carbocycles. The van der Waals surface area contributed by atoms with Crippen molar-refractivity contribution < 1.29 is 23.9 Å². The van der Waals surface area contributed by atoms with E-state index in [2.05, 4.69) is 10.6 Å². The topological polar surface area (TPSA) is 97.0 Å². The van der Waals surface area contributed by atoms with E-state index in [1.807, 2.05) is 43.3 Å². The van der Waals surface area contributed by atoms with Crippen molar-refractivity contribution in [3.8, 4) is 11.5 Å². The molecule has 8 heteroatoms. The van der Waals surface area contributed by atoms with Crippen LogP contribution in [0, 0.1) is 0 Å². The van der Waals surface area contributed by atoms with E-state index in [4.69, 9.17) is 9.47 Å². The Balaban J connectivity index is 1.31. The Morgan fingerprint density at radius 1 is 1.16 bits per heavy atom. The number of nitrogens with one attached hydrogen (secondary N) is 2. The summed E-state index contributed by atoms with van der Waals surface area (Å²) in [5.41, 5.74) is 1.66. The average Bonchev–Trinajstić information content (AvgIpc) is 3.28. The molecule has 0 radical (unpaired) electrons. The Hall–Kier alpha value is -3.55. The molecule has 8 nitrogen and oxygen atoms in total. The Morgan fingerprint density at radius 3 is 2.84 bits per heavy atom.